The molecule has 0 saturated carbocycles. The summed E-state index contributed by atoms with van der Waals surface area (Å²) in [7, 11) is 1.48. The molecular weight excluding hydrogens is 440 g/mol. The maximum absolute atomic E-state index is 12.2. The van der Waals surface area contributed by atoms with Gasteiger partial charge in [0.1, 0.15) is 10.6 Å². The second-order valence-electron chi connectivity index (χ2n) is 7.55. The Balaban J connectivity index is 1.57. The lowest BCUT2D eigenvalue weighted by Gasteiger charge is -2.14. The van der Waals surface area contributed by atoms with Gasteiger partial charge in [0.15, 0.2) is 18.1 Å². The first-order chi connectivity index (χ1) is 15.9. The summed E-state index contributed by atoms with van der Waals surface area (Å²) in [6, 6.07) is 14.4. The van der Waals surface area contributed by atoms with Gasteiger partial charge >= 0.3 is 5.97 Å². The van der Waals surface area contributed by atoms with Crippen molar-refractivity contribution in [1.29, 1.82) is 0 Å². The molecule has 0 aliphatic rings. The Morgan fingerprint density at radius 1 is 1.09 bits per heavy atom. The molecule has 8 heteroatoms. The molecule has 33 heavy (non-hydrogen) atoms. The number of amides is 1. The Labute approximate surface area is 197 Å². The summed E-state index contributed by atoms with van der Waals surface area (Å²) < 4.78 is 16.4. The van der Waals surface area contributed by atoms with Crippen LogP contribution < -0.4 is 19.6 Å². The summed E-state index contributed by atoms with van der Waals surface area (Å²) in [5.74, 6) is 0.816. The van der Waals surface area contributed by atoms with Crippen LogP contribution in [0, 0.1) is 6.92 Å². The lowest BCUT2D eigenvalue weighted by molar-refractivity contribution is -0.123. The van der Waals surface area contributed by atoms with Crippen LogP contribution in [0.4, 0.5) is 0 Å². The maximum atomic E-state index is 12.2. The third-order valence-electron chi connectivity index (χ3n) is 4.67. The summed E-state index contributed by atoms with van der Waals surface area (Å²) in [6.45, 7) is 5.97. The predicted octanol–water partition coefficient (Wildman–Crippen LogP) is 4.94. The molecule has 7 nitrogen and oxygen atoms in total. The van der Waals surface area contributed by atoms with Crippen LogP contribution in [-0.4, -0.2) is 31.8 Å². The summed E-state index contributed by atoms with van der Waals surface area (Å²) in [5, 5.41) is 5.77. The van der Waals surface area contributed by atoms with Crippen molar-refractivity contribution in [2.45, 2.75) is 26.7 Å². The second kappa shape index (κ2) is 11.3. The number of carbonyl (C=O) groups is 2. The summed E-state index contributed by atoms with van der Waals surface area (Å²) >= 11 is 1.30. The van der Waals surface area contributed by atoms with E-state index in [1.165, 1.54) is 24.7 Å². The molecule has 0 bridgehead atoms. The number of aryl methyl sites for hydroxylation is 1. The highest BCUT2D eigenvalue weighted by molar-refractivity contribution is 7.12. The number of nitrogens with one attached hydrogen (secondary N) is 1. The van der Waals surface area contributed by atoms with Crippen LogP contribution in [0.5, 0.6) is 17.2 Å². The van der Waals surface area contributed by atoms with Crippen molar-refractivity contribution in [3.8, 4) is 17.2 Å². The number of carbonyl (C=O) groups excluding carboxylic acids is 2. The van der Waals surface area contributed by atoms with Crippen LogP contribution in [0.1, 0.15) is 46.1 Å². The lowest BCUT2D eigenvalue weighted by atomic mass is 10.0. The SMILES string of the molecule is COc1cc(C=NNC(=O)COc2cc(C)ccc2C(C)C)ccc1OC(=O)c1cccs1. The number of hydrogen-bond donors (Lipinski definition) is 1. The van der Waals surface area contributed by atoms with Gasteiger partial charge < -0.3 is 14.2 Å². The van der Waals surface area contributed by atoms with Gasteiger partial charge in [-0.1, -0.05) is 32.0 Å². The minimum Gasteiger partial charge on any atom is -0.493 e. The number of thiophene rings is 1. The number of benzene rings is 2. The fourth-order valence-corrected chi connectivity index (χ4v) is 3.59. The molecule has 1 aromatic heterocycles. The smallest absolute Gasteiger partial charge is 0.353 e. The molecule has 0 radical (unpaired) electrons. The van der Waals surface area contributed by atoms with Crippen LogP contribution in [0.25, 0.3) is 0 Å². The Bertz CT molecular complexity index is 1140. The first-order valence-corrected chi connectivity index (χ1v) is 11.2. The summed E-state index contributed by atoms with van der Waals surface area (Å²) in [5.41, 5.74) is 5.21. The quantitative estimate of drug-likeness (QED) is 0.209. The maximum Gasteiger partial charge on any atom is 0.353 e. The predicted molar refractivity (Wildman–Crippen MR) is 129 cm³/mol. The van der Waals surface area contributed by atoms with E-state index in [1.54, 1.807) is 35.7 Å². The molecular formula is C25H26N2O5S. The molecule has 0 aliphatic carbocycles. The third kappa shape index (κ3) is 6.66. The first-order valence-electron chi connectivity index (χ1n) is 10.4. The lowest BCUT2D eigenvalue weighted by Crippen LogP contribution is -2.25. The molecule has 1 amide bonds. The third-order valence-corrected chi connectivity index (χ3v) is 5.52. The number of rotatable bonds is 9. The number of ether oxygens (including phenoxy) is 3. The van der Waals surface area contributed by atoms with Crippen molar-refractivity contribution < 1.29 is 23.8 Å². The topological polar surface area (TPSA) is 86.2 Å². The summed E-state index contributed by atoms with van der Waals surface area (Å²) in [6.07, 6.45) is 1.47. The molecule has 1 heterocycles. The normalized spacial score (nSPS) is 10.9. The van der Waals surface area contributed by atoms with Crippen molar-refractivity contribution in [2.75, 3.05) is 13.7 Å². The molecule has 172 valence electrons. The fraction of sp³-hybridized carbons (Fsp3) is 0.240. The van der Waals surface area contributed by atoms with E-state index in [9.17, 15) is 9.59 Å². The van der Waals surface area contributed by atoms with Crippen LogP contribution in [0.2, 0.25) is 0 Å². The van der Waals surface area contributed by atoms with Gasteiger partial charge in [-0.15, -0.1) is 11.3 Å². The average molecular weight is 467 g/mol. The van der Waals surface area contributed by atoms with E-state index in [0.717, 1.165) is 11.1 Å². The van der Waals surface area contributed by atoms with Crippen molar-refractivity contribution in [3.63, 3.8) is 0 Å². The zero-order valence-corrected chi connectivity index (χ0v) is 19.8. The zero-order valence-electron chi connectivity index (χ0n) is 19.0. The Hall–Kier alpha value is -3.65. The highest BCUT2D eigenvalue weighted by atomic mass is 32.1. The largest absolute Gasteiger partial charge is 0.493 e. The van der Waals surface area contributed by atoms with Crippen molar-refractivity contribution in [1.82, 2.24) is 5.43 Å². The monoisotopic (exact) mass is 466 g/mol. The number of hydrogen-bond acceptors (Lipinski definition) is 7. The molecule has 3 aromatic rings. The van der Waals surface area contributed by atoms with Crippen LogP contribution in [0.3, 0.4) is 0 Å². The van der Waals surface area contributed by atoms with Crippen LogP contribution in [-0.2, 0) is 4.79 Å². The number of hydrazone groups is 1. The zero-order chi connectivity index (χ0) is 23.8. The highest BCUT2D eigenvalue weighted by Gasteiger charge is 2.14. The Kier molecular flexibility index (Phi) is 8.21. The minimum absolute atomic E-state index is 0.151. The van der Waals surface area contributed by atoms with E-state index in [1.807, 2.05) is 25.1 Å². The summed E-state index contributed by atoms with van der Waals surface area (Å²) in [4.78, 5) is 24.8. The van der Waals surface area contributed by atoms with E-state index in [2.05, 4.69) is 24.4 Å². The van der Waals surface area contributed by atoms with Gasteiger partial charge in [0.25, 0.3) is 5.91 Å². The van der Waals surface area contributed by atoms with E-state index in [4.69, 9.17) is 14.2 Å². The number of methoxy groups -OCH3 is 1. The van der Waals surface area contributed by atoms with E-state index in [0.29, 0.717) is 27.7 Å². The Morgan fingerprint density at radius 2 is 1.91 bits per heavy atom. The van der Waals surface area contributed by atoms with Gasteiger partial charge in [-0.25, -0.2) is 10.2 Å². The van der Waals surface area contributed by atoms with E-state index in [-0.39, 0.29) is 18.4 Å². The average Bonchev–Trinajstić information content (AvgIpc) is 3.33. The molecule has 2 aromatic carbocycles. The Morgan fingerprint density at radius 3 is 2.61 bits per heavy atom. The van der Waals surface area contributed by atoms with Gasteiger partial charge in [0, 0.05) is 0 Å². The minimum atomic E-state index is -0.453. The molecule has 1 N–H and O–H groups in total. The molecule has 0 saturated heterocycles. The van der Waals surface area contributed by atoms with Crippen LogP contribution >= 0.6 is 11.3 Å². The highest BCUT2D eigenvalue weighted by Crippen LogP contribution is 2.29. The van der Waals surface area contributed by atoms with E-state index < -0.39 is 5.97 Å². The fourth-order valence-electron chi connectivity index (χ4n) is 2.99. The van der Waals surface area contributed by atoms with Gasteiger partial charge in [-0.05, 0) is 65.2 Å². The van der Waals surface area contributed by atoms with Crippen molar-refractivity contribution >= 4 is 29.4 Å². The second-order valence-corrected chi connectivity index (χ2v) is 8.50. The van der Waals surface area contributed by atoms with Crippen LogP contribution in [0.15, 0.2) is 59.0 Å². The van der Waals surface area contributed by atoms with E-state index >= 15 is 0 Å². The molecule has 0 aliphatic heterocycles. The molecule has 3 rings (SSSR count). The van der Waals surface area contributed by atoms with Crippen molar-refractivity contribution in [3.05, 3.63) is 75.5 Å². The van der Waals surface area contributed by atoms with Crippen molar-refractivity contribution in [2.24, 2.45) is 5.10 Å². The number of nitrogens with zero attached hydrogens (tertiary/aromatic N) is 1. The molecule has 0 unspecified atom stereocenters. The molecule has 0 fully saturated rings. The number of esters is 1. The molecule has 0 atom stereocenters. The van der Waals surface area contributed by atoms with Gasteiger partial charge in [0.05, 0.1) is 13.3 Å². The molecule has 0 spiro atoms. The van der Waals surface area contributed by atoms with Gasteiger partial charge in [-0.2, -0.15) is 5.10 Å². The van der Waals surface area contributed by atoms with Gasteiger partial charge in [0.2, 0.25) is 0 Å². The first kappa shape index (κ1) is 24.0. The standard InChI is InChI=1S/C25H26N2O5S/c1-16(2)19-9-7-17(3)12-21(19)31-15-24(28)27-26-14-18-8-10-20(22(13-18)30-4)32-25(29)23-6-5-11-33-23/h5-14,16H,15H2,1-4H3,(H,27,28). The van der Waals surface area contributed by atoms with Gasteiger partial charge in [-0.3, -0.25) is 4.79 Å².